The van der Waals surface area contributed by atoms with Crippen molar-refractivity contribution >= 4 is 11.0 Å². The van der Waals surface area contributed by atoms with Crippen molar-refractivity contribution in [3.05, 3.63) is 69.1 Å². The number of aromatic hydroxyl groups is 1. The zero-order valence-electron chi connectivity index (χ0n) is 15.6. The molecule has 5 nitrogen and oxygen atoms in total. The highest BCUT2D eigenvalue weighted by Gasteiger charge is 2.15. The number of hydrogen-bond acceptors (Lipinski definition) is 4. The Hall–Kier alpha value is -2.79. The highest BCUT2D eigenvalue weighted by atomic mass is 16.5. The number of phenols is 1. The average Bonchev–Trinajstić information content (AvgIpc) is 2.58. The fourth-order valence-corrected chi connectivity index (χ4v) is 3.32. The fraction of sp³-hybridized carbons (Fsp3) is 0.286. The van der Waals surface area contributed by atoms with Gasteiger partial charge in [0.25, 0.3) is 0 Å². The molecule has 1 aromatic heterocycles. The summed E-state index contributed by atoms with van der Waals surface area (Å²) in [4.78, 5) is 13.2. The first-order valence-corrected chi connectivity index (χ1v) is 8.59. The van der Waals surface area contributed by atoms with Gasteiger partial charge in [0.05, 0.1) is 14.2 Å². The molecule has 3 rings (SSSR count). The normalized spacial score (nSPS) is 12.3. The Morgan fingerprint density at radius 1 is 1.08 bits per heavy atom. The molecule has 0 bridgehead atoms. The van der Waals surface area contributed by atoms with Crippen molar-refractivity contribution in [3.8, 4) is 11.5 Å². The molecule has 0 amide bonds. The topological polar surface area (TPSA) is 64.1 Å². The van der Waals surface area contributed by atoms with E-state index in [2.05, 4.69) is 20.0 Å². The summed E-state index contributed by atoms with van der Waals surface area (Å²) in [6.45, 7) is 5.23. The number of rotatable bonds is 5. The first kappa shape index (κ1) is 18.0. The molecule has 0 aliphatic carbocycles. The molecule has 0 saturated heterocycles. The minimum atomic E-state index is -0.401. The molecule has 3 aromatic rings. The smallest absolute Gasteiger partial charge is 0.336 e. The van der Waals surface area contributed by atoms with E-state index in [1.165, 1.54) is 16.5 Å². The molecule has 1 atom stereocenters. The number of nitrogens with one attached hydrogen (secondary N) is 1. The lowest BCUT2D eigenvalue weighted by Crippen LogP contribution is -3.06. The van der Waals surface area contributed by atoms with Crippen LogP contribution < -0.4 is 15.3 Å². The number of quaternary nitrogens is 1. The summed E-state index contributed by atoms with van der Waals surface area (Å²) in [6, 6.07) is 11.1. The highest BCUT2D eigenvalue weighted by Crippen LogP contribution is 2.27. The molecule has 1 unspecified atom stereocenters. The third kappa shape index (κ3) is 3.58. The number of aryl methyl sites for hydroxylation is 2. The third-order valence-corrected chi connectivity index (χ3v) is 4.64. The van der Waals surface area contributed by atoms with E-state index in [1.807, 2.05) is 12.1 Å². The quantitative estimate of drug-likeness (QED) is 0.691. The summed E-state index contributed by atoms with van der Waals surface area (Å²) >= 11 is 0. The average molecular weight is 354 g/mol. The third-order valence-electron chi connectivity index (χ3n) is 4.64. The van der Waals surface area contributed by atoms with Crippen molar-refractivity contribution < 1.29 is 19.2 Å². The van der Waals surface area contributed by atoms with E-state index in [1.54, 1.807) is 26.2 Å². The molecule has 136 valence electrons. The molecular weight excluding hydrogens is 330 g/mol. The first-order valence-electron chi connectivity index (χ1n) is 8.59. The van der Waals surface area contributed by atoms with Gasteiger partial charge in [0, 0.05) is 28.1 Å². The van der Waals surface area contributed by atoms with Gasteiger partial charge < -0.3 is 19.2 Å². The zero-order valence-corrected chi connectivity index (χ0v) is 15.6. The van der Waals surface area contributed by atoms with Gasteiger partial charge in [0.2, 0.25) is 0 Å². The van der Waals surface area contributed by atoms with Crippen LogP contribution in [-0.2, 0) is 13.1 Å². The molecule has 26 heavy (non-hydrogen) atoms. The second kappa shape index (κ2) is 7.22. The molecule has 2 aromatic carbocycles. The van der Waals surface area contributed by atoms with E-state index < -0.39 is 5.63 Å². The van der Waals surface area contributed by atoms with Crippen molar-refractivity contribution in [2.45, 2.75) is 26.9 Å². The lowest BCUT2D eigenvalue weighted by Gasteiger charge is -2.17. The van der Waals surface area contributed by atoms with E-state index in [0.29, 0.717) is 17.7 Å². The van der Waals surface area contributed by atoms with Gasteiger partial charge in [-0.15, -0.1) is 0 Å². The van der Waals surface area contributed by atoms with Crippen LogP contribution in [0, 0.1) is 13.8 Å². The summed E-state index contributed by atoms with van der Waals surface area (Å²) in [5.41, 5.74) is 3.86. The summed E-state index contributed by atoms with van der Waals surface area (Å²) < 4.78 is 10.8. The van der Waals surface area contributed by atoms with Crippen LogP contribution in [0.3, 0.4) is 0 Å². The minimum absolute atomic E-state index is 0.128. The Morgan fingerprint density at radius 3 is 2.54 bits per heavy atom. The maximum atomic E-state index is 12.0. The lowest BCUT2D eigenvalue weighted by molar-refractivity contribution is -0.907. The van der Waals surface area contributed by atoms with E-state index >= 15 is 0 Å². The lowest BCUT2D eigenvalue weighted by atomic mass is 10.1. The van der Waals surface area contributed by atoms with Gasteiger partial charge in [-0.1, -0.05) is 11.6 Å². The molecule has 5 heteroatoms. The molecule has 1 heterocycles. The minimum Gasteiger partial charge on any atom is -0.508 e. The van der Waals surface area contributed by atoms with Crippen LogP contribution in [0.15, 0.2) is 45.6 Å². The molecule has 0 aliphatic heterocycles. The van der Waals surface area contributed by atoms with E-state index in [0.717, 1.165) is 28.8 Å². The largest absolute Gasteiger partial charge is 0.508 e. The predicted octanol–water partition coefficient (Wildman–Crippen LogP) is 2.34. The number of hydrogen-bond donors (Lipinski definition) is 2. The number of benzene rings is 2. The van der Waals surface area contributed by atoms with Crippen LogP contribution in [0.2, 0.25) is 0 Å². The Kier molecular flexibility index (Phi) is 5.00. The van der Waals surface area contributed by atoms with Crippen molar-refractivity contribution in [1.82, 2.24) is 0 Å². The van der Waals surface area contributed by atoms with Gasteiger partial charge in [0.1, 0.15) is 30.2 Å². The van der Waals surface area contributed by atoms with Gasteiger partial charge in [0.15, 0.2) is 0 Å². The van der Waals surface area contributed by atoms with Crippen LogP contribution in [0.4, 0.5) is 0 Å². The Morgan fingerprint density at radius 2 is 1.81 bits per heavy atom. The van der Waals surface area contributed by atoms with E-state index in [-0.39, 0.29) is 5.75 Å². The van der Waals surface area contributed by atoms with Crippen molar-refractivity contribution in [2.75, 3.05) is 14.2 Å². The van der Waals surface area contributed by atoms with Crippen molar-refractivity contribution in [3.63, 3.8) is 0 Å². The van der Waals surface area contributed by atoms with Crippen LogP contribution in [-0.4, -0.2) is 19.3 Å². The molecule has 0 spiro atoms. The number of methoxy groups -OCH3 is 1. The SMILES string of the molecule is COc1ccc(C)cc1C[NH+](C)Cc1cc(=O)oc2c(C)c(O)ccc12. The molecule has 0 saturated carbocycles. The van der Waals surface area contributed by atoms with Crippen LogP contribution in [0.1, 0.15) is 22.3 Å². The van der Waals surface area contributed by atoms with E-state index in [4.69, 9.17) is 9.15 Å². The van der Waals surface area contributed by atoms with Gasteiger partial charge >= 0.3 is 5.63 Å². The van der Waals surface area contributed by atoms with Crippen LogP contribution >= 0.6 is 0 Å². The molecular formula is C21H24NO4+. The van der Waals surface area contributed by atoms with Gasteiger partial charge in [-0.25, -0.2) is 4.79 Å². The summed E-state index contributed by atoms with van der Waals surface area (Å²) in [5.74, 6) is 0.996. The summed E-state index contributed by atoms with van der Waals surface area (Å²) in [6.07, 6.45) is 0. The second-order valence-electron chi connectivity index (χ2n) is 6.80. The van der Waals surface area contributed by atoms with Crippen LogP contribution in [0.25, 0.3) is 11.0 Å². The van der Waals surface area contributed by atoms with E-state index in [9.17, 15) is 9.90 Å². The molecule has 0 radical (unpaired) electrons. The standard InChI is InChI=1S/C21H23NO4/c1-13-5-8-19(25-4)16(9-13)12-22(3)11-15-10-20(24)26-21-14(2)18(23)7-6-17(15)21/h5-10,23H,11-12H2,1-4H3/p+1. The molecule has 2 N–H and O–H groups in total. The summed E-state index contributed by atoms with van der Waals surface area (Å²) in [5, 5.41) is 10.7. The summed E-state index contributed by atoms with van der Waals surface area (Å²) in [7, 11) is 3.75. The number of ether oxygens (including phenoxy) is 1. The Labute approximate surface area is 152 Å². The van der Waals surface area contributed by atoms with Gasteiger partial charge in [-0.2, -0.15) is 0 Å². The zero-order chi connectivity index (χ0) is 18.8. The monoisotopic (exact) mass is 354 g/mol. The first-order chi connectivity index (χ1) is 12.4. The number of fused-ring (bicyclic) bond motifs is 1. The van der Waals surface area contributed by atoms with Gasteiger partial charge in [-0.3, -0.25) is 0 Å². The molecule has 0 fully saturated rings. The van der Waals surface area contributed by atoms with Gasteiger partial charge in [-0.05, 0) is 38.1 Å². The number of phenolic OH excluding ortho intramolecular Hbond substituents is 1. The maximum absolute atomic E-state index is 12.0. The van der Waals surface area contributed by atoms with Crippen molar-refractivity contribution in [2.24, 2.45) is 0 Å². The second-order valence-corrected chi connectivity index (χ2v) is 6.80. The predicted molar refractivity (Wildman–Crippen MR) is 101 cm³/mol. The van der Waals surface area contributed by atoms with Crippen molar-refractivity contribution in [1.29, 1.82) is 0 Å². The Balaban J connectivity index is 1.93. The Bertz CT molecular complexity index is 1010. The fourth-order valence-electron chi connectivity index (χ4n) is 3.32. The maximum Gasteiger partial charge on any atom is 0.336 e. The van der Waals surface area contributed by atoms with Crippen LogP contribution in [0.5, 0.6) is 11.5 Å². The molecule has 0 aliphatic rings. The highest BCUT2D eigenvalue weighted by molar-refractivity contribution is 5.84.